The van der Waals surface area contributed by atoms with E-state index >= 15 is 0 Å². The minimum absolute atomic E-state index is 0.0304. The van der Waals surface area contributed by atoms with Crippen LogP contribution < -0.4 is 0 Å². The van der Waals surface area contributed by atoms with Crippen molar-refractivity contribution in [3.63, 3.8) is 0 Å². The molecular weight excluding hydrogens is 172 g/mol. The molecule has 3 aliphatic rings. The third kappa shape index (κ3) is 1.38. The van der Waals surface area contributed by atoms with E-state index in [2.05, 4.69) is 0 Å². The molecule has 3 atom stereocenters. The van der Waals surface area contributed by atoms with Gasteiger partial charge in [0, 0.05) is 12.8 Å². The Labute approximate surface area is 76.8 Å². The molecule has 0 aromatic carbocycles. The molecule has 2 saturated heterocycles. The number of rotatable bonds is 2. The molecule has 1 saturated carbocycles. The zero-order valence-electron chi connectivity index (χ0n) is 7.44. The minimum atomic E-state index is -0.945. The second-order valence-corrected chi connectivity index (χ2v) is 4.10. The third-order valence-corrected chi connectivity index (χ3v) is 2.99. The molecule has 4 heteroatoms. The van der Waals surface area contributed by atoms with Gasteiger partial charge in [-0.15, -0.1) is 0 Å². The Morgan fingerprint density at radius 2 is 1.92 bits per heavy atom. The summed E-state index contributed by atoms with van der Waals surface area (Å²) in [5.41, 5.74) is 0. The summed E-state index contributed by atoms with van der Waals surface area (Å²) in [7, 11) is 0. The molecule has 3 unspecified atom stereocenters. The van der Waals surface area contributed by atoms with Crippen molar-refractivity contribution in [2.45, 2.75) is 56.6 Å². The molecule has 13 heavy (non-hydrogen) atoms. The molecule has 0 amide bonds. The van der Waals surface area contributed by atoms with Crippen molar-refractivity contribution < 1.29 is 19.3 Å². The van der Waals surface area contributed by atoms with Crippen molar-refractivity contribution in [3.05, 3.63) is 0 Å². The summed E-state index contributed by atoms with van der Waals surface area (Å²) in [6.07, 6.45) is 4.49. The molecule has 1 aliphatic carbocycles. The number of hydrogen-bond acceptors (Lipinski definition) is 4. The van der Waals surface area contributed by atoms with Crippen molar-refractivity contribution in [2.75, 3.05) is 0 Å². The minimum Gasteiger partial charge on any atom is -0.365 e. The van der Waals surface area contributed by atoms with Crippen LogP contribution in [0.2, 0.25) is 0 Å². The third-order valence-electron chi connectivity index (χ3n) is 2.99. The van der Waals surface area contributed by atoms with Gasteiger partial charge in [0.25, 0.3) is 0 Å². The van der Waals surface area contributed by atoms with Crippen molar-refractivity contribution >= 4 is 0 Å². The molecule has 2 aliphatic heterocycles. The van der Waals surface area contributed by atoms with Gasteiger partial charge in [0.2, 0.25) is 0 Å². The highest BCUT2D eigenvalue weighted by molar-refractivity contribution is 4.92. The first-order chi connectivity index (χ1) is 6.27. The van der Waals surface area contributed by atoms with E-state index in [1.165, 1.54) is 6.42 Å². The molecule has 0 aromatic rings. The van der Waals surface area contributed by atoms with E-state index < -0.39 is 5.79 Å². The summed E-state index contributed by atoms with van der Waals surface area (Å²) < 4.78 is 15.7. The van der Waals surface area contributed by atoms with Crippen molar-refractivity contribution in [3.8, 4) is 0 Å². The summed E-state index contributed by atoms with van der Waals surface area (Å²) >= 11 is 0. The van der Waals surface area contributed by atoms with E-state index in [0.29, 0.717) is 0 Å². The van der Waals surface area contributed by atoms with Crippen LogP contribution in [0.4, 0.5) is 0 Å². The molecule has 74 valence electrons. The summed E-state index contributed by atoms with van der Waals surface area (Å²) in [4.78, 5) is 0. The fourth-order valence-corrected chi connectivity index (χ4v) is 2.06. The highest BCUT2D eigenvalue weighted by Crippen LogP contribution is 2.43. The van der Waals surface area contributed by atoms with Crippen LogP contribution in [0.1, 0.15) is 32.1 Å². The summed E-state index contributed by atoms with van der Waals surface area (Å²) in [5.74, 6) is -0.945. The number of hydrogen-bond donors (Lipinski definition) is 1. The molecular formula is C9H14O4. The molecule has 3 rings (SSSR count). The van der Waals surface area contributed by atoms with Gasteiger partial charge in [-0.3, -0.25) is 0 Å². The predicted molar refractivity (Wildman–Crippen MR) is 42.7 cm³/mol. The van der Waals surface area contributed by atoms with Crippen LogP contribution in [0, 0.1) is 0 Å². The summed E-state index contributed by atoms with van der Waals surface area (Å²) in [5, 5.41) is 9.99. The predicted octanol–water partition coefficient (Wildman–Crippen LogP) is 0.737. The lowest BCUT2D eigenvalue weighted by Gasteiger charge is -2.36. The maximum atomic E-state index is 9.99. The molecule has 3 fully saturated rings. The number of epoxide rings is 1. The lowest BCUT2D eigenvalue weighted by molar-refractivity contribution is -0.326. The van der Waals surface area contributed by atoms with Crippen molar-refractivity contribution in [1.82, 2.24) is 0 Å². The smallest absolute Gasteiger partial charge is 0.195 e. The summed E-state index contributed by atoms with van der Waals surface area (Å²) in [6, 6.07) is 0. The van der Waals surface area contributed by atoms with Crippen molar-refractivity contribution in [1.29, 1.82) is 0 Å². The van der Waals surface area contributed by atoms with Crippen LogP contribution in [0.5, 0.6) is 0 Å². The fraction of sp³-hybridized carbons (Fsp3) is 1.00. The van der Waals surface area contributed by atoms with E-state index in [1.54, 1.807) is 0 Å². The molecule has 0 spiro atoms. The van der Waals surface area contributed by atoms with Gasteiger partial charge >= 0.3 is 0 Å². The highest BCUT2D eigenvalue weighted by atomic mass is 16.9. The lowest BCUT2D eigenvalue weighted by Crippen LogP contribution is -2.46. The molecule has 0 aromatic heterocycles. The molecule has 0 radical (unpaired) electrons. The number of ether oxygens (including phenoxy) is 3. The van der Waals surface area contributed by atoms with Crippen LogP contribution in [-0.2, 0) is 14.2 Å². The van der Waals surface area contributed by atoms with Crippen LogP contribution in [-0.4, -0.2) is 29.6 Å². The fourth-order valence-electron chi connectivity index (χ4n) is 2.06. The first kappa shape index (κ1) is 8.17. The first-order valence-electron chi connectivity index (χ1n) is 4.98. The zero-order chi connectivity index (χ0) is 8.89. The molecule has 1 N–H and O–H groups in total. The van der Waals surface area contributed by atoms with E-state index in [1.807, 2.05) is 0 Å². The van der Waals surface area contributed by atoms with Gasteiger partial charge < -0.3 is 19.3 Å². The Hall–Kier alpha value is -0.160. The van der Waals surface area contributed by atoms with Gasteiger partial charge in [0.05, 0.1) is 0 Å². The average molecular weight is 186 g/mol. The Balaban J connectivity index is 1.56. The second kappa shape index (κ2) is 2.67. The van der Waals surface area contributed by atoms with Gasteiger partial charge in [0.1, 0.15) is 0 Å². The topological polar surface area (TPSA) is 51.2 Å². The Bertz CT molecular complexity index is 212. The van der Waals surface area contributed by atoms with Crippen molar-refractivity contribution in [2.24, 2.45) is 0 Å². The van der Waals surface area contributed by atoms with Gasteiger partial charge in [-0.2, -0.15) is 0 Å². The normalized spacial score (nSPS) is 46.4. The Morgan fingerprint density at radius 3 is 2.46 bits per heavy atom. The molecule has 0 bridgehead atoms. The standard InChI is InChI=1S/C9H14O4/c10-9(4-2-1-3-5-9)13-8-6-7(11-6)12-8/h6-8,10H,1-5H2. The quantitative estimate of drug-likeness (QED) is 0.510. The van der Waals surface area contributed by atoms with Gasteiger partial charge in [-0.1, -0.05) is 6.42 Å². The van der Waals surface area contributed by atoms with E-state index in [9.17, 15) is 5.11 Å². The molecule has 4 nitrogen and oxygen atoms in total. The van der Waals surface area contributed by atoms with Crippen LogP contribution in [0.3, 0.4) is 0 Å². The first-order valence-corrected chi connectivity index (χ1v) is 4.98. The SMILES string of the molecule is OC1(OC2OC3OC32)CCCCC1. The van der Waals surface area contributed by atoms with Crippen LogP contribution in [0.15, 0.2) is 0 Å². The van der Waals surface area contributed by atoms with E-state index in [0.717, 1.165) is 25.7 Å². The van der Waals surface area contributed by atoms with Gasteiger partial charge in [-0.05, 0) is 12.8 Å². The number of fused-ring (bicyclic) bond motifs is 1. The maximum absolute atomic E-state index is 9.99. The second-order valence-electron chi connectivity index (χ2n) is 4.10. The van der Waals surface area contributed by atoms with E-state index in [4.69, 9.17) is 14.2 Å². The molecule has 2 heterocycles. The largest absolute Gasteiger partial charge is 0.365 e. The lowest BCUT2D eigenvalue weighted by atomic mass is 9.94. The average Bonchev–Trinajstić information content (AvgIpc) is 2.75. The monoisotopic (exact) mass is 186 g/mol. The van der Waals surface area contributed by atoms with E-state index in [-0.39, 0.29) is 18.7 Å². The summed E-state index contributed by atoms with van der Waals surface area (Å²) in [6.45, 7) is 0. The Kier molecular flexibility index (Phi) is 1.68. The van der Waals surface area contributed by atoms with Gasteiger partial charge in [0.15, 0.2) is 24.5 Å². The van der Waals surface area contributed by atoms with Gasteiger partial charge in [-0.25, -0.2) is 0 Å². The number of aliphatic hydroxyl groups is 1. The highest BCUT2D eigenvalue weighted by Gasteiger charge is 2.61. The van der Waals surface area contributed by atoms with Crippen LogP contribution in [0.25, 0.3) is 0 Å². The Morgan fingerprint density at radius 1 is 1.15 bits per heavy atom. The maximum Gasteiger partial charge on any atom is 0.195 e. The van der Waals surface area contributed by atoms with Crippen LogP contribution >= 0.6 is 0 Å². The zero-order valence-corrected chi connectivity index (χ0v) is 7.44.